The molecule has 128 valence electrons. The summed E-state index contributed by atoms with van der Waals surface area (Å²) in [6, 6.07) is -0.0991. The molecule has 2 heterocycles. The van der Waals surface area contributed by atoms with Crippen LogP contribution in [0.5, 0.6) is 0 Å². The Hall–Kier alpha value is -1.57. The number of hydrogen-bond donors (Lipinski definition) is 1. The number of ether oxygens (including phenoxy) is 1. The van der Waals surface area contributed by atoms with Crippen LogP contribution in [0.3, 0.4) is 0 Å². The number of hydrogen-bond acceptors (Lipinski definition) is 4. The fourth-order valence-electron chi connectivity index (χ4n) is 2.49. The van der Waals surface area contributed by atoms with Crippen LogP contribution in [0, 0.1) is 0 Å². The summed E-state index contributed by atoms with van der Waals surface area (Å²) >= 11 is 3.37. The summed E-state index contributed by atoms with van der Waals surface area (Å²) in [5.41, 5.74) is -0.000113. The van der Waals surface area contributed by atoms with Gasteiger partial charge in [0.25, 0.3) is 5.91 Å². The normalized spacial score (nSPS) is 18.7. The molecule has 0 radical (unpaired) electrons. The molecule has 8 heteroatoms. The number of aromatic nitrogens is 2. The molecular formula is C15H23BrN4O3. The first-order valence-electron chi connectivity index (χ1n) is 7.63. The zero-order valence-electron chi connectivity index (χ0n) is 13.9. The molecule has 7 nitrogen and oxygen atoms in total. The maximum atomic E-state index is 12.6. The number of nitrogens with zero attached hydrogens (tertiary/aromatic N) is 3. The lowest BCUT2D eigenvalue weighted by Crippen LogP contribution is -2.50. The Morgan fingerprint density at radius 3 is 2.70 bits per heavy atom. The molecule has 1 unspecified atom stereocenters. The van der Waals surface area contributed by atoms with Gasteiger partial charge < -0.3 is 15.0 Å². The van der Waals surface area contributed by atoms with Crippen LogP contribution in [0.2, 0.25) is 0 Å². The number of likely N-dealkylation sites (tertiary alicyclic amines) is 1. The van der Waals surface area contributed by atoms with Gasteiger partial charge in [-0.25, -0.2) is 4.79 Å². The van der Waals surface area contributed by atoms with Crippen LogP contribution >= 0.6 is 15.9 Å². The van der Waals surface area contributed by atoms with Crippen molar-refractivity contribution in [3.05, 3.63) is 16.4 Å². The van der Waals surface area contributed by atoms with Gasteiger partial charge in [0.1, 0.15) is 10.2 Å². The van der Waals surface area contributed by atoms with Crippen molar-refractivity contribution in [3.8, 4) is 0 Å². The third-order valence-electron chi connectivity index (χ3n) is 3.53. The fraction of sp³-hybridized carbons (Fsp3) is 0.667. The summed E-state index contributed by atoms with van der Waals surface area (Å²) in [4.78, 5) is 26.2. The van der Waals surface area contributed by atoms with Crippen LogP contribution in [0.1, 0.15) is 44.0 Å². The van der Waals surface area contributed by atoms with E-state index < -0.39 is 11.7 Å². The maximum absolute atomic E-state index is 12.6. The highest BCUT2D eigenvalue weighted by Crippen LogP contribution is 2.20. The van der Waals surface area contributed by atoms with E-state index in [4.69, 9.17) is 4.74 Å². The van der Waals surface area contributed by atoms with Gasteiger partial charge >= 0.3 is 6.09 Å². The summed E-state index contributed by atoms with van der Waals surface area (Å²) in [5, 5.41) is 6.92. The monoisotopic (exact) mass is 386 g/mol. The predicted octanol–water partition coefficient (Wildman–Crippen LogP) is 2.31. The van der Waals surface area contributed by atoms with Gasteiger partial charge in [0.2, 0.25) is 0 Å². The molecule has 0 bridgehead atoms. The third-order valence-corrected chi connectivity index (χ3v) is 4.47. The summed E-state index contributed by atoms with van der Waals surface area (Å²) in [7, 11) is 1.77. The highest BCUT2D eigenvalue weighted by atomic mass is 79.9. The maximum Gasteiger partial charge on any atom is 0.407 e. The molecule has 23 heavy (non-hydrogen) atoms. The van der Waals surface area contributed by atoms with Crippen LogP contribution in [0.4, 0.5) is 4.79 Å². The van der Waals surface area contributed by atoms with Crippen molar-refractivity contribution in [2.45, 2.75) is 45.3 Å². The Bertz CT molecular complexity index is 594. The van der Waals surface area contributed by atoms with Crippen molar-refractivity contribution >= 4 is 27.9 Å². The Kier molecular flexibility index (Phi) is 5.33. The number of aryl methyl sites for hydroxylation is 1. The van der Waals surface area contributed by atoms with E-state index in [0.29, 0.717) is 23.3 Å². The average Bonchev–Trinajstić information content (AvgIpc) is 2.76. The third kappa shape index (κ3) is 4.70. The second-order valence-corrected chi connectivity index (χ2v) is 7.46. The zero-order chi connectivity index (χ0) is 17.2. The number of carbonyl (C=O) groups is 2. The molecule has 2 amide bonds. The SMILES string of the molecule is Cn1ncc(C(=O)N2CCCC(NC(=O)OC(C)(C)C)C2)c1Br. The van der Waals surface area contributed by atoms with Crippen molar-refractivity contribution in [1.29, 1.82) is 0 Å². The van der Waals surface area contributed by atoms with Crippen LogP contribution in [-0.4, -0.2) is 51.4 Å². The van der Waals surface area contributed by atoms with E-state index in [0.717, 1.165) is 12.8 Å². The molecule has 1 N–H and O–H groups in total. The smallest absolute Gasteiger partial charge is 0.407 e. The molecule has 1 atom stereocenters. The molecule has 1 aliphatic heterocycles. The topological polar surface area (TPSA) is 76.5 Å². The van der Waals surface area contributed by atoms with Gasteiger partial charge in [-0.1, -0.05) is 0 Å². The molecule has 1 aromatic heterocycles. The zero-order valence-corrected chi connectivity index (χ0v) is 15.5. The van der Waals surface area contributed by atoms with E-state index in [2.05, 4.69) is 26.3 Å². The number of rotatable bonds is 2. The fourth-order valence-corrected chi connectivity index (χ4v) is 2.85. The van der Waals surface area contributed by atoms with Crippen LogP contribution in [-0.2, 0) is 11.8 Å². The summed E-state index contributed by atoms with van der Waals surface area (Å²) in [5.74, 6) is -0.0827. The minimum atomic E-state index is -0.533. The summed E-state index contributed by atoms with van der Waals surface area (Å²) in [6.45, 7) is 6.61. The number of alkyl carbamates (subject to hydrolysis) is 1. The van der Waals surface area contributed by atoms with E-state index in [1.165, 1.54) is 0 Å². The minimum absolute atomic E-state index is 0.0827. The van der Waals surface area contributed by atoms with Crippen LogP contribution in [0.25, 0.3) is 0 Å². The van der Waals surface area contributed by atoms with E-state index in [-0.39, 0.29) is 11.9 Å². The molecule has 1 aliphatic rings. The van der Waals surface area contributed by atoms with Gasteiger partial charge in [-0.3, -0.25) is 9.48 Å². The van der Waals surface area contributed by atoms with Gasteiger partial charge in [-0.2, -0.15) is 5.10 Å². The van der Waals surface area contributed by atoms with Gasteiger partial charge in [0.05, 0.1) is 11.8 Å². The van der Waals surface area contributed by atoms with Crippen molar-refractivity contribution in [2.24, 2.45) is 7.05 Å². The number of nitrogens with one attached hydrogen (secondary N) is 1. The second-order valence-electron chi connectivity index (χ2n) is 6.71. The lowest BCUT2D eigenvalue weighted by Gasteiger charge is -2.33. The van der Waals surface area contributed by atoms with E-state index >= 15 is 0 Å². The average molecular weight is 387 g/mol. The molecule has 2 rings (SSSR count). The minimum Gasteiger partial charge on any atom is -0.444 e. The van der Waals surface area contributed by atoms with Gasteiger partial charge in [-0.15, -0.1) is 0 Å². The Morgan fingerprint density at radius 2 is 2.13 bits per heavy atom. The number of halogens is 1. The lowest BCUT2D eigenvalue weighted by molar-refractivity contribution is 0.0452. The molecule has 1 aromatic rings. The second kappa shape index (κ2) is 6.90. The van der Waals surface area contributed by atoms with E-state index in [1.807, 2.05) is 20.8 Å². The van der Waals surface area contributed by atoms with Gasteiger partial charge in [-0.05, 0) is 49.5 Å². The van der Waals surface area contributed by atoms with Gasteiger partial charge in [0, 0.05) is 26.2 Å². The highest BCUT2D eigenvalue weighted by Gasteiger charge is 2.28. The predicted molar refractivity (Wildman–Crippen MR) is 89.2 cm³/mol. The van der Waals surface area contributed by atoms with Crippen molar-refractivity contribution < 1.29 is 14.3 Å². The van der Waals surface area contributed by atoms with Crippen molar-refractivity contribution in [3.63, 3.8) is 0 Å². The molecule has 0 spiro atoms. The Balaban J connectivity index is 1.97. The molecule has 0 aromatic carbocycles. The molecule has 0 aliphatic carbocycles. The standard InChI is InChI=1S/C15H23BrN4O3/c1-15(2,3)23-14(22)18-10-6-5-7-20(9-10)13(21)11-8-17-19(4)12(11)16/h8,10H,5-7,9H2,1-4H3,(H,18,22). The quantitative estimate of drug-likeness (QED) is 0.845. The molecule has 1 saturated heterocycles. The number of amides is 2. The van der Waals surface area contributed by atoms with E-state index in [1.54, 1.807) is 22.8 Å². The van der Waals surface area contributed by atoms with Gasteiger partial charge in [0.15, 0.2) is 0 Å². The molecule has 0 saturated carbocycles. The van der Waals surface area contributed by atoms with Crippen LogP contribution in [0.15, 0.2) is 10.8 Å². The van der Waals surface area contributed by atoms with Crippen LogP contribution < -0.4 is 5.32 Å². The first kappa shape index (κ1) is 17.8. The van der Waals surface area contributed by atoms with Crippen molar-refractivity contribution in [1.82, 2.24) is 20.0 Å². The Morgan fingerprint density at radius 1 is 1.43 bits per heavy atom. The van der Waals surface area contributed by atoms with Crippen molar-refractivity contribution in [2.75, 3.05) is 13.1 Å². The largest absolute Gasteiger partial charge is 0.444 e. The number of piperidine rings is 1. The number of carbonyl (C=O) groups excluding carboxylic acids is 2. The lowest BCUT2D eigenvalue weighted by atomic mass is 10.1. The summed E-state index contributed by atoms with van der Waals surface area (Å²) < 4.78 is 7.53. The Labute approximate surface area is 144 Å². The summed E-state index contributed by atoms with van der Waals surface area (Å²) in [6.07, 6.45) is 2.78. The highest BCUT2D eigenvalue weighted by molar-refractivity contribution is 9.10. The first-order valence-corrected chi connectivity index (χ1v) is 8.43. The van der Waals surface area contributed by atoms with E-state index in [9.17, 15) is 9.59 Å². The first-order chi connectivity index (χ1) is 10.7. The molecule has 1 fully saturated rings. The molecular weight excluding hydrogens is 364 g/mol.